The van der Waals surface area contributed by atoms with Crippen molar-refractivity contribution in [1.29, 1.82) is 0 Å². The molecule has 3 fully saturated rings. The lowest BCUT2D eigenvalue weighted by molar-refractivity contribution is -0.903. The average Bonchev–Trinajstić information content (AvgIpc) is 3.23. The van der Waals surface area contributed by atoms with Crippen LogP contribution in [0.1, 0.15) is 25.7 Å². The van der Waals surface area contributed by atoms with Gasteiger partial charge in [-0.2, -0.15) is 0 Å². The van der Waals surface area contributed by atoms with E-state index in [1.165, 1.54) is 9.80 Å². The van der Waals surface area contributed by atoms with Crippen molar-refractivity contribution in [2.45, 2.75) is 37.3 Å². The SMILES string of the molecule is O=C1NC2(CCCC2)C(=O)N1C[C@H](O)C[NH+]1CCN(c2cccc(Cl)c2)CC1. The zero-order chi connectivity index (χ0) is 19.7. The number of quaternary nitrogens is 1. The number of hydrogen-bond donors (Lipinski definition) is 3. The minimum atomic E-state index is -0.709. The summed E-state index contributed by atoms with van der Waals surface area (Å²) in [5, 5.41) is 14.1. The van der Waals surface area contributed by atoms with E-state index in [0.717, 1.165) is 49.7 Å². The Labute approximate surface area is 170 Å². The van der Waals surface area contributed by atoms with Gasteiger partial charge in [0.25, 0.3) is 5.91 Å². The monoisotopic (exact) mass is 407 g/mol. The van der Waals surface area contributed by atoms with Crippen LogP contribution in [-0.2, 0) is 4.79 Å². The third kappa shape index (κ3) is 3.83. The van der Waals surface area contributed by atoms with Gasteiger partial charge < -0.3 is 20.2 Å². The lowest BCUT2D eigenvalue weighted by atomic mass is 9.98. The fourth-order valence-corrected chi connectivity index (χ4v) is 4.91. The Morgan fingerprint density at radius 3 is 2.61 bits per heavy atom. The molecule has 1 aromatic rings. The van der Waals surface area contributed by atoms with E-state index >= 15 is 0 Å². The number of piperazine rings is 1. The van der Waals surface area contributed by atoms with Gasteiger partial charge in [0, 0.05) is 10.7 Å². The van der Waals surface area contributed by atoms with Crippen LogP contribution in [0.25, 0.3) is 0 Å². The van der Waals surface area contributed by atoms with Crippen LogP contribution in [-0.4, -0.2) is 72.9 Å². The van der Waals surface area contributed by atoms with Gasteiger partial charge in [-0.15, -0.1) is 0 Å². The van der Waals surface area contributed by atoms with E-state index in [9.17, 15) is 14.7 Å². The summed E-state index contributed by atoms with van der Waals surface area (Å²) in [6, 6.07) is 7.50. The zero-order valence-electron chi connectivity index (χ0n) is 16.0. The predicted octanol–water partition coefficient (Wildman–Crippen LogP) is 0.270. The smallest absolute Gasteiger partial charge is 0.325 e. The number of β-amino-alcohol motifs (C(OH)–C–C–N with tert-alkyl or cyclic N) is 1. The highest BCUT2D eigenvalue weighted by atomic mass is 35.5. The number of amides is 3. The van der Waals surface area contributed by atoms with Gasteiger partial charge in [-0.1, -0.05) is 30.5 Å². The van der Waals surface area contributed by atoms with Crippen molar-refractivity contribution in [3.8, 4) is 0 Å². The minimum Gasteiger partial charge on any atom is -0.385 e. The maximum absolute atomic E-state index is 12.7. The Hall–Kier alpha value is -1.83. The van der Waals surface area contributed by atoms with E-state index < -0.39 is 11.6 Å². The number of anilines is 1. The first-order chi connectivity index (χ1) is 13.5. The van der Waals surface area contributed by atoms with Gasteiger partial charge in [0.15, 0.2) is 0 Å². The Kier molecular flexibility index (Phi) is 5.49. The number of benzene rings is 1. The maximum atomic E-state index is 12.7. The second kappa shape index (κ2) is 7.89. The normalized spacial score (nSPS) is 23.5. The summed E-state index contributed by atoms with van der Waals surface area (Å²) in [7, 11) is 0. The lowest BCUT2D eigenvalue weighted by Gasteiger charge is -2.34. The van der Waals surface area contributed by atoms with Crippen molar-refractivity contribution in [3.05, 3.63) is 29.3 Å². The molecule has 1 aliphatic carbocycles. The molecule has 152 valence electrons. The molecule has 28 heavy (non-hydrogen) atoms. The number of nitrogens with one attached hydrogen (secondary N) is 2. The first-order valence-corrected chi connectivity index (χ1v) is 10.5. The van der Waals surface area contributed by atoms with Gasteiger partial charge in [-0.3, -0.25) is 9.69 Å². The van der Waals surface area contributed by atoms with Crippen LogP contribution in [0.4, 0.5) is 10.5 Å². The number of carbonyl (C=O) groups is 2. The van der Waals surface area contributed by atoms with E-state index in [2.05, 4.69) is 16.3 Å². The number of urea groups is 1. The summed E-state index contributed by atoms with van der Waals surface area (Å²) in [6.07, 6.45) is 2.63. The summed E-state index contributed by atoms with van der Waals surface area (Å²) in [4.78, 5) is 29.8. The van der Waals surface area contributed by atoms with Crippen molar-refractivity contribution in [2.24, 2.45) is 0 Å². The highest BCUT2D eigenvalue weighted by molar-refractivity contribution is 6.30. The molecule has 4 rings (SSSR count). The highest BCUT2D eigenvalue weighted by Crippen LogP contribution is 2.35. The van der Waals surface area contributed by atoms with Gasteiger partial charge in [-0.25, -0.2) is 4.79 Å². The second-order valence-electron chi connectivity index (χ2n) is 8.21. The molecule has 0 bridgehead atoms. The Balaban J connectivity index is 1.27. The van der Waals surface area contributed by atoms with Gasteiger partial charge in [0.05, 0.1) is 32.7 Å². The Morgan fingerprint density at radius 1 is 1.21 bits per heavy atom. The van der Waals surface area contributed by atoms with Crippen molar-refractivity contribution in [2.75, 3.05) is 44.2 Å². The molecular weight excluding hydrogens is 380 g/mol. The lowest BCUT2D eigenvalue weighted by Crippen LogP contribution is -3.16. The zero-order valence-corrected chi connectivity index (χ0v) is 16.7. The number of aliphatic hydroxyl groups excluding tert-OH is 1. The number of carbonyl (C=O) groups excluding carboxylic acids is 2. The van der Waals surface area contributed by atoms with Crippen LogP contribution in [0.2, 0.25) is 5.02 Å². The van der Waals surface area contributed by atoms with Crippen molar-refractivity contribution < 1.29 is 19.6 Å². The Morgan fingerprint density at radius 2 is 1.93 bits per heavy atom. The molecule has 8 heteroatoms. The molecule has 7 nitrogen and oxygen atoms in total. The van der Waals surface area contributed by atoms with Gasteiger partial charge >= 0.3 is 6.03 Å². The van der Waals surface area contributed by atoms with Gasteiger partial charge in [-0.05, 0) is 31.0 Å². The van der Waals surface area contributed by atoms with E-state index in [0.29, 0.717) is 19.4 Å². The summed E-state index contributed by atoms with van der Waals surface area (Å²) >= 11 is 6.08. The summed E-state index contributed by atoms with van der Waals surface area (Å²) in [5.74, 6) is -0.158. The van der Waals surface area contributed by atoms with Crippen LogP contribution in [0.3, 0.4) is 0 Å². The number of nitrogens with zero attached hydrogens (tertiary/aromatic N) is 2. The molecule has 0 unspecified atom stereocenters. The summed E-state index contributed by atoms with van der Waals surface area (Å²) < 4.78 is 0. The number of halogens is 1. The number of rotatable bonds is 5. The maximum Gasteiger partial charge on any atom is 0.325 e. The van der Waals surface area contributed by atoms with Crippen LogP contribution in [0.5, 0.6) is 0 Å². The molecule has 1 atom stereocenters. The van der Waals surface area contributed by atoms with E-state index in [1.54, 1.807) is 0 Å². The summed E-state index contributed by atoms with van der Waals surface area (Å²) in [6.45, 7) is 4.17. The molecule has 1 spiro atoms. The number of aliphatic hydroxyl groups is 1. The summed E-state index contributed by atoms with van der Waals surface area (Å²) in [5.41, 5.74) is 0.417. The highest BCUT2D eigenvalue weighted by Gasteiger charge is 2.52. The van der Waals surface area contributed by atoms with Crippen molar-refractivity contribution >= 4 is 29.2 Å². The third-order valence-electron chi connectivity index (χ3n) is 6.26. The molecule has 3 N–H and O–H groups in total. The molecular formula is C20H28ClN4O3+. The van der Waals surface area contributed by atoms with Crippen molar-refractivity contribution in [1.82, 2.24) is 10.2 Å². The molecule has 3 aliphatic rings. The largest absolute Gasteiger partial charge is 0.385 e. The van der Waals surface area contributed by atoms with Crippen LogP contribution in [0, 0.1) is 0 Å². The second-order valence-corrected chi connectivity index (χ2v) is 8.65. The molecule has 2 heterocycles. The molecule has 2 saturated heterocycles. The molecule has 0 radical (unpaired) electrons. The van der Waals surface area contributed by atoms with Gasteiger partial charge in [0.2, 0.25) is 0 Å². The van der Waals surface area contributed by atoms with Gasteiger partial charge in [0.1, 0.15) is 18.2 Å². The average molecular weight is 408 g/mol. The molecule has 0 aromatic heterocycles. The van der Waals surface area contributed by atoms with E-state index in [4.69, 9.17) is 11.6 Å². The van der Waals surface area contributed by atoms with Crippen molar-refractivity contribution in [3.63, 3.8) is 0 Å². The minimum absolute atomic E-state index is 0.0773. The van der Waals surface area contributed by atoms with Crippen LogP contribution < -0.4 is 15.1 Å². The molecule has 3 amide bonds. The molecule has 2 aliphatic heterocycles. The topological polar surface area (TPSA) is 77.3 Å². The van der Waals surface area contributed by atoms with E-state index in [1.807, 2.05) is 18.2 Å². The van der Waals surface area contributed by atoms with E-state index in [-0.39, 0.29) is 18.5 Å². The first kappa shape index (κ1) is 19.5. The molecule has 1 saturated carbocycles. The third-order valence-corrected chi connectivity index (χ3v) is 6.50. The quantitative estimate of drug-likeness (QED) is 0.612. The first-order valence-electron chi connectivity index (χ1n) is 10.1. The Bertz CT molecular complexity index is 745. The fourth-order valence-electron chi connectivity index (χ4n) is 4.73. The molecule has 1 aromatic carbocycles. The standard InChI is InChI=1S/C20H27ClN4O3/c21-15-4-3-5-16(12-15)24-10-8-23(9-11-24)13-17(26)14-25-18(27)20(22-19(25)28)6-1-2-7-20/h3-5,12,17,26H,1-2,6-11,13-14H2,(H,22,28)/p+1/t17-/m1/s1. The van der Waals surface area contributed by atoms with Crippen LogP contribution >= 0.6 is 11.6 Å². The predicted molar refractivity (Wildman–Crippen MR) is 107 cm³/mol. The number of imide groups is 1. The number of hydrogen-bond acceptors (Lipinski definition) is 4. The van der Waals surface area contributed by atoms with Crippen LogP contribution in [0.15, 0.2) is 24.3 Å². The fraction of sp³-hybridized carbons (Fsp3) is 0.600.